The highest BCUT2D eigenvalue weighted by atomic mass is 79.9. The van der Waals surface area contributed by atoms with Crippen molar-refractivity contribution < 1.29 is 9.53 Å². The van der Waals surface area contributed by atoms with Crippen molar-refractivity contribution in [2.75, 3.05) is 7.11 Å². The van der Waals surface area contributed by atoms with Gasteiger partial charge in [0.2, 0.25) is 0 Å². The summed E-state index contributed by atoms with van der Waals surface area (Å²) < 4.78 is 5.73. The predicted octanol–water partition coefficient (Wildman–Crippen LogP) is 3.41. The zero-order chi connectivity index (χ0) is 14.5. The molecule has 20 heavy (non-hydrogen) atoms. The number of benzene rings is 1. The van der Waals surface area contributed by atoms with Gasteiger partial charge < -0.3 is 15.0 Å². The molecule has 0 saturated carbocycles. The topological polar surface area (TPSA) is 54.1 Å². The molecule has 4 nitrogen and oxygen atoms in total. The minimum Gasteiger partial charge on any atom is -0.464 e. The monoisotopic (exact) mass is 336 g/mol. The maximum atomic E-state index is 11.3. The van der Waals surface area contributed by atoms with Crippen LogP contribution in [0.15, 0.2) is 40.9 Å². The number of carbonyl (C=O) groups excluding carboxylic acids is 1. The fourth-order valence-electron chi connectivity index (χ4n) is 1.90. The Morgan fingerprint density at radius 1 is 1.30 bits per heavy atom. The number of methoxy groups -OCH3 is 1. The summed E-state index contributed by atoms with van der Waals surface area (Å²) >= 11 is 3.42. The molecule has 0 aliphatic carbocycles. The van der Waals surface area contributed by atoms with E-state index >= 15 is 0 Å². The number of aromatic amines is 1. The minimum atomic E-state index is -0.350. The van der Waals surface area contributed by atoms with Gasteiger partial charge in [0.25, 0.3) is 0 Å². The predicted molar refractivity (Wildman–Crippen MR) is 81.5 cm³/mol. The number of nitrogens with one attached hydrogen (secondary N) is 2. The molecular weight excluding hydrogens is 320 g/mol. The van der Waals surface area contributed by atoms with Gasteiger partial charge in [0.15, 0.2) is 0 Å². The lowest BCUT2D eigenvalue weighted by Crippen LogP contribution is -2.18. The number of rotatable bonds is 5. The molecule has 106 valence electrons. The summed E-state index contributed by atoms with van der Waals surface area (Å²) in [5.74, 6) is -0.350. The Balaban J connectivity index is 1.93. The second-order valence-electron chi connectivity index (χ2n) is 4.54. The summed E-state index contributed by atoms with van der Waals surface area (Å²) in [6.45, 7) is 2.77. The van der Waals surface area contributed by atoms with Gasteiger partial charge in [-0.25, -0.2) is 4.79 Å². The highest BCUT2D eigenvalue weighted by molar-refractivity contribution is 9.10. The highest BCUT2D eigenvalue weighted by Crippen LogP contribution is 2.17. The maximum Gasteiger partial charge on any atom is 0.354 e. The summed E-state index contributed by atoms with van der Waals surface area (Å²) in [5, 5.41) is 3.41. The molecule has 0 amide bonds. The third-order valence-corrected chi connectivity index (χ3v) is 3.65. The van der Waals surface area contributed by atoms with Gasteiger partial charge >= 0.3 is 5.97 Å². The van der Waals surface area contributed by atoms with Crippen molar-refractivity contribution in [3.63, 3.8) is 0 Å². The molecule has 0 aliphatic rings. The van der Waals surface area contributed by atoms with E-state index < -0.39 is 0 Å². The summed E-state index contributed by atoms with van der Waals surface area (Å²) in [6, 6.07) is 12.1. The van der Waals surface area contributed by atoms with E-state index in [9.17, 15) is 4.79 Å². The van der Waals surface area contributed by atoms with Gasteiger partial charge in [-0.05, 0) is 36.8 Å². The maximum absolute atomic E-state index is 11.3. The van der Waals surface area contributed by atoms with E-state index in [1.807, 2.05) is 18.2 Å². The Labute approximate surface area is 126 Å². The van der Waals surface area contributed by atoms with Crippen molar-refractivity contribution in [3.05, 3.63) is 57.8 Å². The van der Waals surface area contributed by atoms with Gasteiger partial charge in [0.05, 0.1) is 7.11 Å². The van der Waals surface area contributed by atoms with Crippen LogP contribution in [0.2, 0.25) is 0 Å². The molecule has 1 heterocycles. The first-order valence-electron chi connectivity index (χ1n) is 6.35. The van der Waals surface area contributed by atoms with E-state index in [1.165, 1.54) is 12.7 Å². The molecule has 1 atom stereocenters. The normalized spacial score (nSPS) is 12.2. The van der Waals surface area contributed by atoms with Crippen LogP contribution in [0, 0.1) is 0 Å². The van der Waals surface area contributed by atoms with Gasteiger partial charge in [-0.2, -0.15) is 0 Å². The molecule has 2 rings (SSSR count). The molecule has 0 saturated heterocycles. The second kappa shape index (κ2) is 6.72. The van der Waals surface area contributed by atoms with Crippen LogP contribution in [0.4, 0.5) is 0 Å². The largest absolute Gasteiger partial charge is 0.464 e. The third kappa shape index (κ3) is 3.71. The standard InChI is InChI=1S/C15H17BrN2O2/c1-10(11-3-5-12(16)6-4-11)17-9-13-7-8-14(18-13)15(19)20-2/h3-8,10,17-18H,9H2,1-2H3/t10-/m0/s1. The van der Waals surface area contributed by atoms with Crippen LogP contribution in [-0.4, -0.2) is 18.1 Å². The Kier molecular flexibility index (Phi) is 4.98. The lowest BCUT2D eigenvalue weighted by Gasteiger charge is -2.13. The number of hydrogen-bond donors (Lipinski definition) is 2. The first-order chi connectivity index (χ1) is 9.60. The number of hydrogen-bond acceptors (Lipinski definition) is 3. The SMILES string of the molecule is COC(=O)c1ccc(CN[C@@H](C)c2ccc(Br)cc2)[nH]1. The van der Waals surface area contributed by atoms with Gasteiger partial charge in [-0.1, -0.05) is 28.1 Å². The molecule has 2 aromatic rings. The number of H-pyrrole nitrogens is 1. The van der Waals surface area contributed by atoms with Gasteiger partial charge in [-0.15, -0.1) is 0 Å². The molecular formula is C15H17BrN2O2. The Morgan fingerprint density at radius 3 is 2.65 bits per heavy atom. The Morgan fingerprint density at radius 2 is 2.00 bits per heavy atom. The van der Waals surface area contributed by atoms with Gasteiger partial charge in [0.1, 0.15) is 5.69 Å². The zero-order valence-corrected chi connectivity index (χ0v) is 13.0. The van der Waals surface area contributed by atoms with Crippen LogP contribution >= 0.6 is 15.9 Å². The quantitative estimate of drug-likeness (QED) is 0.822. The van der Waals surface area contributed by atoms with E-state index in [4.69, 9.17) is 0 Å². The Bertz CT molecular complexity index is 578. The van der Waals surface area contributed by atoms with Crippen molar-refractivity contribution in [2.24, 2.45) is 0 Å². The van der Waals surface area contributed by atoms with Crippen LogP contribution in [0.25, 0.3) is 0 Å². The number of halogens is 1. The van der Waals surface area contributed by atoms with E-state index in [2.05, 4.69) is 50.0 Å². The molecule has 0 bridgehead atoms. The van der Waals surface area contributed by atoms with Crippen LogP contribution in [0.1, 0.15) is 34.7 Å². The smallest absolute Gasteiger partial charge is 0.354 e. The lowest BCUT2D eigenvalue weighted by atomic mass is 10.1. The van der Waals surface area contributed by atoms with E-state index in [0.29, 0.717) is 12.2 Å². The zero-order valence-electron chi connectivity index (χ0n) is 11.4. The minimum absolute atomic E-state index is 0.230. The van der Waals surface area contributed by atoms with Crippen molar-refractivity contribution in [3.8, 4) is 0 Å². The number of esters is 1. The molecule has 1 aromatic carbocycles. The fraction of sp³-hybridized carbons (Fsp3) is 0.267. The number of aromatic nitrogens is 1. The molecule has 5 heteroatoms. The van der Waals surface area contributed by atoms with Gasteiger partial charge in [0, 0.05) is 22.8 Å². The molecule has 0 fully saturated rings. The molecule has 0 spiro atoms. The number of carbonyl (C=O) groups is 1. The first-order valence-corrected chi connectivity index (χ1v) is 7.14. The van der Waals surface area contributed by atoms with E-state index in [1.54, 1.807) is 6.07 Å². The molecule has 0 unspecified atom stereocenters. The average Bonchev–Trinajstić information content (AvgIpc) is 2.93. The second-order valence-corrected chi connectivity index (χ2v) is 5.46. The first kappa shape index (κ1) is 14.8. The average molecular weight is 337 g/mol. The van der Waals surface area contributed by atoms with Crippen molar-refractivity contribution >= 4 is 21.9 Å². The van der Waals surface area contributed by atoms with Crippen molar-refractivity contribution in [2.45, 2.75) is 19.5 Å². The van der Waals surface area contributed by atoms with Gasteiger partial charge in [-0.3, -0.25) is 0 Å². The summed E-state index contributed by atoms with van der Waals surface area (Å²) in [6.07, 6.45) is 0. The fourth-order valence-corrected chi connectivity index (χ4v) is 2.17. The van der Waals surface area contributed by atoms with Crippen molar-refractivity contribution in [1.82, 2.24) is 10.3 Å². The molecule has 0 radical (unpaired) electrons. The van der Waals surface area contributed by atoms with E-state index in [-0.39, 0.29) is 12.0 Å². The third-order valence-electron chi connectivity index (χ3n) is 3.12. The molecule has 1 aromatic heterocycles. The Hall–Kier alpha value is -1.59. The van der Waals surface area contributed by atoms with Crippen LogP contribution in [0.5, 0.6) is 0 Å². The lowest BCUT2D eigenvalue weighted by molar-refractivity contribution is 0.0594. The summed E-state index contributed by atoms with van der Waals surface area (Å²) in [4.78, 5) is 14.4. The van der Waals surface area contributed by atoms with Crippen LogP contribution in [-0.2, 0) is 11.3 Å². The number of ether oxygens (including phenoxy) is 1. The van der Waals surface area contributed by atoms with Crippen LogP contribution in [0.3, 0.4) is 0 Å². The highest BCUT2D eigenvalue weighted by Gasteiger charge is 2.09. The van der Waals surface area contributed by atoms with E-state index in [0.717, 1.165) is 10.2 Å². The summed E-state index contributed by atoms with van der Waals surface area (Å²) in [7, 11) is 1.37. The van der Waals surface area contributed by atoms with Crippen molar-refractivity contribution in [1.29, 1.82) is 0 Å². The molecule has 2 N–H and O–H groups in total. The summed E-state index contributed by atoms with van der Waals surface area (Å²) in [5.41, 5.74) is 2.64. The molecule has 0 aliphatic heterocycles. The van der Waals surface area contributed by atoms with Crippen LogP contribution < -0.4 is 5.32 Å².